The van der Waals surface area contributed by atoms with Crippen molar-refractivity contribution in [1.82, 2.24) is 9.88 Å². The average molecular weight is 469 g/mol. The SMILES string of the molecule is Cc1c(NS(=O)(=O)C(F)(F)F)n(CC(=O)NCOC(=O)c2ccccc2)c2ccccc12. The van der Waals surface area contributed by atoms with E-state index in [0.29, 0.717) is 10.9 Å². The van der Waals surface area contributed by atoms with Gasteiger partial charge in [-0.05, 0) is 30.7 Å². The van der Waals surface area contributed by atoms with E-state index < -0.39 is 40.7 Å². The van der Waals surface area contributed by atoms with E-state index in [9.17, 15) is 31.2 Å². The molecule has 0 radical (unpaired) electrons. The second-order valence-corrected chi connectivity index (χ2v) is 8.34. The van der Waals surface area contributed by atoms with Gasteiger partial charge in [0, 0.05) is 5.39 Å². The molecule has 3 rings (SSSR count). The third-order valence-corrected chi connectivity index (χ3v) is 5.62. The molecule has 0 aliphatic carbocycles. The Kier molecular flexibility index (Phi) is 6.44. The van der Waals surface area contributed by atoms with Gasteiger partial charge in [0.2, 0.25) is 5.91 Å². The number of sulfonamides is 1. The van der Waals surface area contributed by atoms with E-state index in [-0.39, 0.29) is 16.9 Å². The van der Waals surface area contributed by atoms with Gasteiger partial charge in [-0.15, -0.1) is 0 Å². The fourth-order valence-corrected chi connectivity index (χ4v) is 3.63. The monoisotopic (exact) mass is 469 g/mol. The van der Waals surface area contributed by atoms with Gasteiger partial charge in [-0.25, -0.2) is 4.79 Å². The highest BCUT2D eigenvalue weighted by Crippen LogP contribution is 2.33. The van der Waals surface area contributed by atoms with Gasteiger partial charge in [-0.2, -0.15) is 21.6 Å². The van der Waals surface area contributed by atoms with E-state index >= 15 is 0 Å². The smallest absolute Gasteiger partial charge is 0.441 e. The number of nitrogens with one attached hydrogen (secondary N) is 2. The maximum atomic E-state index is 12.9. The summed E-state index contributed by atoms with van der Waals surface area (Å²) < 4.78 is 69.6. The summed E-state index contributed by atoms with van der Waals surface area (Å²) in [4.78, 5) is 24.3. The van der Waals surface area contributed by atoms with E-state index in [1.54, 1.807) is 36.4 Å². The number of ether oxygens (including phenoxy) is 1. The lowest BCUT2D eigenvalue weighted by molar-refractivity contribution is -0.122. The molecule has 8 nitrogen and oxygen atoms in total. The van der Waals surface area contributed by atoms with Crippen molar-refractivity contribution >= 4 is 38.6 Å². The van der Waals surface area contributed by atoms with E-state index in [0.717, 1.165) is 4.57 Å². The molecule has 3 aromatic rings. The van der Waals surface area contributed by atoms with Gasteiger partial charge in [0.15, 0.2) is 6.73 Å². The van der Waals surface area contributed by atoms with Crippen molar-refractivity contribution in [2.45, 2.75) is 19.0 Å². The predicted molar refractivity (Wildman–Crippen MR) is 110 cm³/mol. The topological polar surface area (TPSA) is 106 Å². The van der Waals surface area contributed by atoms with Crippen LogP contribution in [0.15, 0.2) is 54.6 Å². The summed E-state index contributed by atoms with van der Waals surface area (Å²) in [5.74, 6) is -1.77. The Balaban J connectivity index is 1.79. The highest BCUT2D eigenvalue weighted by atomic mass is 32.2. The van der Waals surface area contributed by atoms with Crippen LogP contribution in [0.1, 0.15) is 15.9 Å². The molecule has 0 spiro atoms. The number of carbonyl (C=O) groups is 2. The Labute approximate surface area is 181 Å². The third kappa shape index (κ3) is 4.85. The minimum Gasteiger partial charge on any atom is -0.441 e. The molecule has 0 aliphatic rings. The van der Waals surface area contributed by atoms with Crippen LogP contribution in [0.4, 0.5) is 19.0 Å². The maximum absolute atomic E-state index is 12.9. The molecule has 0 bridgehead atoms. The molecule has 0 unspecified atom stereocenters. The van der Waals surface area contributed by atoms with Crippen molar-refractivity contribution in [3.05, 3.63) is 65.7 Å². The number of carbonyl (C=O) groups excluding carboxylic acids is 2. The van der Waals surface area contributed by atoms with Crippen molar-refractivity contribution in [1.29, 1.82) is 0 Å². The minimum absolute atomic E-state index is 0.219. The van der Waals surface area contributed by atoms with Crippen molar-refractivity contribution in [3.8, 4) is 0 Å². The number of para-hydroxylation sites is 1. The van der Waals surface area contributed by atoms with E-state index in [1.807, 2.05) is 0 Å². The Morgan fingerprint density at radius 1 is 1.03 bits per heavy atom. The second kappa shape index (κ2) is 8.91. The fourth-order valence-electron chi connectivity index (χ4n) is 3.00. The molecular formula is C20H18F3N3O5S. The zero-order chi connectivity index (χ0) is 23.5. The van der Waals surface area contributed by atoms with Crippen molar-refractivity contribution < 1.29 is 35.9 Å². The molecule has 0 saturated heterocycles. The lowest BCUT2D eigenvalue weighted by Gasteiger charge is -2.15. The van der Waals surface area contributed by atoms with Crippen LogP contribution in [0, 0.1) is 6.92 Å². The molecule has 0 aliphatic heterocycles. The van der Waals surface area contributed by atoms with Crippen molar-refractivity contribution in [3.63, 3.8) is 0 Å². The predicted octanol–water partition coefficient (Wildman–Crippen LogP) is 3.14. The van der Waals surface area contributed by atoms with Gasteiger partial charge in [0.1, 0.15) is 12.4 Å². The highest BCUT2D eigenvalue weighted by molar-refractivity contribution is 7.93. The van der Waals surface area contributed by atoms with Gasteiger partial charge in [0.05, 0.1) is 11.1 Å². The van der Waals surface area contributed by atoms with Gasteiger partial charge >= 0.3 is 21.5 Å². The van der Waals surface area contributed by atoms with Crippen LogP contribution < -0.4 is 10.0 Å². The standard InChI is InChI=1S/C20H18F3N3O5S/c1-13-15-9-5-6-10-16(15)26(18(13)25-32(29,30)20(21,22)23)11-17(27)24-12-31-19(28)14-7-3-2-4-8-14/h2-10,25H,11-12H2,1H3,(H,24,27). The molecule has 2 aromatic carbocycles. The number of esters is 1. The number of benzene rings is 2. The molecule has 170 valence electrons. The Morgan fingerprint density at radius 2 is 1.66 bits per heavy atom. The van der Waals surface area contributed by atoms with Crippen LogP contribution in [0.3, 0.4) is 0 Å². The minimum atomic E-state index is -5.71. The molecule has 0 atom stereocenters. The third-order valence-electron chi connectivity index (χ3n) is 4.54. The zero-order valence-electron chi connectivity index (χ0n) is 16.6. The summed E-state index contributed by atoms with van der Waals surface area (Å²) >= 11 is 0. The number of rotatable bonds is 7. The quantitative estimate of drug-likeness (QED) is 0.409. The van der Waals surface area contributed by atoms with Crippen LogP contribution in [-0.4, -0.2) is 37.1 Å². The molecule has 2 N–H and O–H groups in total. The summed E-state index contributed by atoms with van der Waals surface area (Å²) in [6.07, 6.45) is 0. The molecule has 1 amide bonds. The summed E-state index contributed by atoms with van der Waals surface area (Å²) in [7, 11) is -5.71. The molecule has 1 heterocycles. The number of halogens is 3. The first-order valence-corrected chi connectivity index (χ1v) is 10.7. The fraction of sp³-hybridized carbons (Fsp3) is 0.200. The number of aryl methyl sites for hydroxylation is 1. The summed E-state index contributed by atoms with van der Waals surface area (Å²) in [5.41, 5.74) is -4.69. The van der Waals surface area contributed by atoms with E-state index in [2.05, 4.69) is 5.32 Å². The largest absolute Gasteiger partial charge is 0.516 e. The van der Waals surface area contributed by atoms with Crippen LogP contribution in [-0.2, 0) is 26.1 Å². The van der Waals surface area contributed by atoms with Crippen LogP contribution in [0.2, 0.25) is 0 Å². The molecule has 12 heteroatoms. The first-order valence-electron chi connectivity index (χ1n) is 9.17. The molecule has 0 saturated carbocycles. The van der Waals surface area contributed by atoms with Crippen molar-refractivity contribution in [2.24, 2.45) is 0 Å². The van der Waals surface area contributed by atoms with Gasteiger partial charge in [-0.3, -0.25) is 9.52 Å². The second-order valence-electron chi connectivity index (χ2n) is 6.67. The average Bonchev–Trinajstić information content (AvgIpc) is 2.99. The first-order chi connectivity index (χ1) is 15.0. The molecular weight excluding hydrogens is 451 g/mol. The number of amides is 1. The van der Waals surface area contributed by atoms with Crippen molar-refractivity contribution in [2.75, 3.05) is 11.5 Å². The number of fused-ring (bicyclic) bond motifs is 1. The first kappa shape index (κ1) is 23.1. The van der Waals surface area contributed by atoms with Crippen LogP contribution in [0.25, 0.3) is 10.9 Å². The molecule has 32 heavy (non-hydrogen) atoms. The Morgan fingerprint density at radius 3 is 2.31 bits per heavy atom. The normalized spacial score (nSPS) is 11.9. The summed E-state index contributed by atoms with van der Waals surface area (Å²) in [6, 6.07) is 14.4. The number of aromatic nitrogens is 1. The lowest BCUT2D eigenvalue weighted by Crippen LogP contribution is -2.33. The summed E-state index contributed by atoms with van der Waals surface area (Å²) in [6.45, 7) is 0.438. The lowest BCUT2D eigenvalue weighted by atomic mass is 10.2. The summed E-state index contributed by atoms with van der Waals surface area (Å²) in [5, 5.41) is 2.79. The van der Waals surface area contributed by atoms with Gasteiger partial charge < -0.3 is 14.6 Å². The van der Waals surface area contributed by atoms with Gasteiger partial charge in [-0.1, -0.05) is 36.4 Å². The number of nitrogens with zero attached hydrogens (tertiary/aromatic N) is 1. The molecule has 0 fully saturated rings. The number of alkyl halides is 3. The maximum Gasteiger partial charge on any atom is 0.516 e. The van der Waals surface area contributed by atoms with E-state index in [1.165, 1.54) is 29.8 Å². The number of hydrogen-bond acceptors (Lipinski definition) is 5. The Hall–Kier alpha value is -3.54. The zero-order valence-corrected chi connectivity index (χ0v) is 17.5. The Bertz CT molecular complexity index is 1250. The number of hydrogen-bond donors (Lipinski definition) is 2. The van der Waals surface area contributed by atoms with Crippen LogP contribution in [0.5, 0.6) is 0 Å². The molecule has 1 aromatic heterocycles. The number of anilines is 1. The van der Waals surface area contributed by atoms with Gasteiger partial charge in [0.25, 0.3) is 0 Å². The highest BCUT2D eigenvalue weighted by Gasteiger charge is 2.46. The van der Waals surface area contributed by atoms with E-state index in [4.69, 9.17) is 4.74 Å². The van der Waals surface area contributed by atoms with Crippen LogP contribution >= 0.6 is 0 Å².